The van der Waals surface area contributed by atoms with Crippen LogP contribution in [0.3, 0.4) is 0 Å². The van der Waals surface area contributed by atoms with E-state index in [0.29, 0.717) is 0 Å². The lowest BCUT2D eigenvalue weighted by atomic mass is 10.1. The van der Waals surface area contributed by atoms with Crippen LogP contribution >= 0.6 is 0 Å². The highest BCUT2D eigenvalue weighted by molar-refractivity contribution is 5.29. The fourth-order valence-electron chi connectivity index (χ4n) is 1.43. The van der Waals surface area contributed by atoms with Crippen LogP contribution in [-0.2, 0) is 6.42 Å². The van der Waals surface area contributed by atoms with Gasteiger partial charge in [-0.25, -0.2) is 10.8 Å². The van der Waals surface area contributed by atoms with Gasteiger partial charge < -0.3 is 0 Å². The maximum absolute atomic E-state index is 5.62. The van der Waals surface area contributed by atoms with Crippen molar-refractivity contribution in [3.8, 4) is 0 Å². The van der Waals surface area contributed by atoms with Crippen LogP contribution < -0.4 is 0 Å². The summed E-state index contributed by atoms with van der Waals surface area (Å²) in [5.74, 6) is 0. The molecule has 2 N–H and O–H groups in total. The van der Waals surface area contributed by atoms with Crippen LogP contribution in [0.1, 0.15) is 11.1 Å². The highest BCUT2D eigenvalue weighted by atomic mass is 14.4. The molecule has 0 saturated heterocycles. The Bertz CT molecular complexity index is 391. The molecule has 2 heteroatoms. The summed E-state index contributed by atoms with van der Waals surface area (Å²) in [6, 6.07) is 22.3. The van der Waals surface area contributed by atoms with Crippen molar-refractivity contribution < 1.29 is 0 Å². The lowest BCUT2D eigenvalue weighted by Crippen LogP contribution is -1.85. The third-order valence-electron chi connectivity index (χ3n) is 2.09. The van der Waals surface area contributed by atoms with Crippen molar-refractivity contribution in [3.63, 3.8) is 0 Å². The quantitative estimate of drug-likeness (QED) is 0.712. The van der Waals surface area contributed by atoms with Gasteiger partial charge in [0.05, 0.1) is 6.01 Å². The minimum absolute atomic E-state index is 1.03. The maximum atomic E-state index is 5.62. The standard InChI is InChI=1S/C13H12.CH2N2/c1-3-7-12(8-4-1)11-13-9-5-2-6-10-13;2-1-3/h1-10H,11H2;2-3H. The Morgan fingerprint density at radius 1 is 0.688 bits per heavy atom. The predicted octanol–water partition coefficient (Wildman–Crippen LogP) is 3.60. The van der Waals surface area contributed by atoms with Crippen LogP contribution in [0.4, 0.5) is 0 Å². The van der Waals surface area contributed by atoms with E-state index >= 15 is 0 Å². The van der Waals surface area contributed by atoms with Gasteiger partial charge in [-0.15, -0.1) is 0 Å². The number of hydrogen-bond donors (Lipinski definition) is 2. The predicted molar refractivity (Wildman–Crippen MR) is 66.1 cm³/mol. The molecule has 0 saturated carbocycles. The average molecular weight is 210 g/mol. The Morgan fingerprint density at radius 2 is 1.00 bits per heavy atom. The van der Waals surface area contributed by atoms with Gasteiger partial charge in [0, 0.05) is 0 Å². The van der Waals surface area contributed by atoms with Crippen LogP contribution in [0.25, 0.3) is 0 Å². The van der Waals surface area contributed by atoms with Gasteiger partial charge in [-0.2, -0.15) is 0 Å². The molecule has 2 nitrogen and oxygen atoms in total. The van der Waals surface area contributed by atoms with E-state index in [4.69, 9.17) is 10.8 Å². The summed E-state index contributed by atoms with van der Waals surface area (Å²) in [7, 11) is 0. The molecule has 0 aromatic heterocycles. The lowest BCUT2D eigenvalue weighted by Gasteiger charge is -2.00. The molecule has 0 unspecified atom stereocenters. The van der Waals surface area contributed by atoms with Crippen LogP contribution in [0, 0.1) is 10.8 Å². The monoisotopic (exact) mass is 210 g/mol. The molecule has 16 heavy (non-hydrogen) atoms. The molecule has 80 valence electrons. The molecule has 0 atom stereocenters. The Hall–Kier alpha value is -2.18. The molecule has 2 rings (SSSR count). The molecule has 0 aliphatic carbocycles. The van der Waals surface area contributed by atoms with E-state index in [-0.39, 0.29) is 0 Å². The fraction of sp³-hybridized carbons (Fsp3) is 0.0714. The van der Waals surface area contributed by atoms with Gasteiger partial charge in [-0.3, -0.25) is 0 Å². The summed E-state index contributed by atoms with van der Waals surface area (Å²) >= 11 is 0. The van der Waals surface area contributed by atoms with E-state index in [9.17, 15) is 0 Å². The van der Waals surface area contributed by atoms with Crippen LogP contribution in [0.2, 0.25) is 0 Å². The molecule has 0 heterocycles. The van der Waals surface area contributed by atoms with Gasteiger partial charge in [0.25, 0.3) is 0 Å². The molecular formula is C14H14N2. The maximum Gasteiger partial charge on any atom is 0.0831 e. The number of hydrogen-bond acceptors (Lipinski definition) is 2. The molecule has 0 aliphatic heterocycles. The zero-order valence-corrected chi connectivity index (χ0v) is 8.98. The molecule has 0 amide bonds. The third-order valence-corrected chi connectivity index (χ3v) is 2.09. The van der Waals surface area contributed by atoms with Gasteiger partial charge in [0.1, 0.15) is 0 Å². The Morgan fingerprint density at radius 3 is 1.31 bits per heavy atom. The molecule has 2 aromatic carbocycles. The molecule has 0 fully saturated rings. The molecule has 0 radical (unpaired) electrons. The van der Waals surface area contributed by atoms with Gasteiger partial charge in [-0.1, -0.05) is 60.7 Å². The first-order valence-electron chi connectivity index (χ1n) is 5.03. The van der Waals surface area contributed by atoms with Crippen molar-refractivity contribution in [2.45, 2.75) is 6.42 Å². The van der Waals surface area contributed by atoms with Crippen molar-refractivity contribution in [2.24, 2.45) is 0 Å². The average Bonchev–Trinajstić information content (AvgIpc) is 2.33. The SMILES string of the molecule is N=C=N.c1ccc(Cc2ccccc2)cc1. The number of benzene rings is 2. The van der Waals surface area contributed by atoms with E-state index in [2.05, 4.69) is 60.7 Å². The highest BCUT2D eigenvalue weighted by Gasteiger charge is 1.92. The van der Waals surface area contributed by atoms with Gasteiger partial charge >= 0.3 is 0 Å². The zero-order chi connectivity index (χ0) is 11.6. The Labute approximate surface area is 95.6 Å². The van der Waals surface area contributed by atoms with E-state index in [1.165, 1.54) is 17.1 Å². The summed E-state index contributed by atoms with van der Waals surface area (Å²) in [6.07, 6.45) is 1.03. The summed E-state index contributed by atoms with van der Waals surface area (Å²) in [6.45, 7) is 0. The second kappa shape index (κ2) is 7.16. The third kappa shape index (κ3) is 4.36. The lowest BCUT2D eigenvalue weighted by molar-refractivity contribution is 1.19. The van der Waals surface area contributed by atoms with Crippen LogP contribution in [-0.4, -0.2) is 6.01 Å². The van der Waals surface area contributed by atoms with Crippen molar-refractivity contribution in [1.29, 1.82) is 10.8 Å². The van der Waals surface area contributed by atoms with Crippen LogP contribution in [0.5, 0.6) is 0 Å². The molecule has 0 bridgehead atoms. The minimum atomic E-state index is 1.03. The first kappa shape index (κ1) is 11.9. The first-order valence-corrected chi connectivity index (χ1v) is 5.03. The summed E-state index contributed by atoms with van der Waals surface area (Å²) in [4.78, 5) is 0. The van der Waals surface area contributed by atoms with Crippen molar-refractivity contribution in [3.05, 3.63) is 71.8 Å². The second-order valence-corrected chi connectivity index (χ2v) is 3.27. The van der Waals surface area contributed by atoms with E-state index in [1.807, 2.05) is 0 Å². The van der Waals surface area contributed by atoms with Gasteiger partial charge in [-0.05, 0) is 17.5 Å². The summed E-state index contributed by atoms with van der Waals surface area (Å²) in [5.41, 5.74) is 2.74. The van der Waals surface area contributed by atoms with Crippen molar-refractivity contribution >= 4 is 6.01 Å². The van der Waals surface area contributed by atoms with E-state index < -0.39 is 0 Å². The topological polar surface area (TPSA) is 47.7 Å². The number of rotatable bonds is 2. The van der Waals surface area contributed by atoms with E-state index in [0.717, 1.165) is 6.42 Å². The highest BCUT2D eigenvalue weighted by Crippen LogP contribution is 2.07. The van der Waals surface area contributed by atoms with Crippen molar-refractivity contribution in [1.82, 2.24) is 0 Å². The van der Waals surface area contributed by atoms with Gasteiger partial charge in [0.15, 0.2) is 0 Å². The van der Waals surface area contributed by atoms with Crippen LogP contribution in [0.15, 0.2) is 60.7 Å². The number of nitrogens with one attached hydrogen (secondary N) is 2. The smallest absolute Gasteiger partial charge is 0.0831 e. The minimum Gasteiger partial charge on any atom is -0.242 e. The molecular weight excluding hydrogens is 196 g/mol. The van der Waals surface area contributed by atoms with Gasteiger partial charge in [0.2, 0.25) is 0 Å². The molecule has 0 spiro atoms. The first-order chi connectivity index (χ1) is 7.86. The summed E-state index contributed by atoms with van der Waals surface area (Å²) in [5, 5.41) is 11.2. The zero-order valence-electron chi connectivity index (χ0n) is 8.98. The normalized spacial score (nSPS) is 8.50. The molecule has 2 aromatic rings. The largest absolute Gasteiger partial charge is 0.242 e. The van der Waals surface area contributed by atoms with E-state index in [1.54, 1.807) is 0 Å². The summed E-state index contributed by atoms with van der Waals surface area (Å²) < 4.78 is 0. The van der Waals surface area contributed by atoms with Crippen molar-refractivity contribution in [2.75, 3.05) is 0 Å². The Balaban J connectivity index is 0.000000386. The Kier molecular flexibility index (Phi) is 5.32. The molecule has 0 aliphatic rings. The second-order valence-electron chi connectivity index (χ2n) is 3.27. The fourth-order valence-corrected chi connectivity index (χ4v) is 1.43.